The van der Waals surface area contributed by atoms with Crippen molar-refractivity contribution in [1.82, 2.24) is 19.9 Å². The summed E-state index contributed by atoms with van der Waals surface area (Å²) in [5, 5.41) is 7.25. The molecule has 0 saturated heterocycles. The zero-order chi connectivity index (χ0) is 27.9. The van der Waals surface area contributed by atoms with Crippen molar-refractivity contribution in [3.05, 3.63) is 63.8 Å². The maximum Gasteiger partial charge on any atom is 0.343 e. The third-order valence-corrected chi connectivity index (χ3v) is 6.67. The van der Waals surface area contributed by atoms with Crippen LogP contribution in [-0.4, -0.2) is 53.4 Å². The highest BCUT2D eigenvalue weighted by molar-refractivity contribution is 7.13. The molecule has 0 saturated carbocycles. The molecular weight excluding hydrogens is 525 g/mol. The quantitative estimate of drug-likeness (QED) is 0.216. The Labute approximate surface area is 227 Å². The van der Waals surface area contributed by atoms with Gasteiger partial charge in [0.15, 0.2) is 0 Å². The lowest BCUT2D eigenvalue weighted by Gasteiger charge is -2.15. The van der Waals surface area contributed by atoms with Crippen molar-refractivity contribution in [2.45, 2.75) is 26.8 Å². The molecule has 3 aromatic heterocycles. The summed E-state index contributed by atoms with van der Waals surface area (Å²) < 4.78 is 26.0. The number of urea groups is 1. The number of nitrogens with one attached hydrogen (secondary N) is 2. The molecule has 0 atom stereocenters. The van der Waals surface area contributed by atoms with E-state index in [1.165, 1.54) is 17.8 Å². The molecule has 4 aromatic rings. The number of pyridine rings is 2. The van der Waals surface area contributed by atoms with E-state index in [0.29, 0.717) is 58.7 Å². The van der Waals surface area contributed by atoms with Gasteiger partial charge in [0.2, 0.25) is 11.4 Å². The fourth-order valence-corrected chi connectivity index (χ4v) is 4.81. The number of aryl methyl sites for hydroxylation is 1. The number of thiazole rings is 1. The normalized spacial score (nSPS) is 11.0. The molecule has 0 spiro atoms. The monoisotopic (exact) mass is 553 g/mol. The lowest BCUT2D eigenvalue weighted by atomic mass is 9.99. The highest BCUT2D eigenvalue weighted by Crippen LogP contribution is 2.36. The average molecular weight is 554 g/mol. The molecule has 1 aromatic carbocycles. The number of esters is 1. The summed E-state index contributed by atoms with van der Waals surface area (Å²) >= 11 is 1.10. The number of carbonyl (C=O) groups is 2. The van der Waals surface area contributed by atoms with Crippen LogP contribution in [0.25, 0.3) is 32.6 Å². The summed E-state index contributed by atoms with van der Waals surface area (Å²) in [6.07, 6.45) is 3.72. The summed E-state index contributed by atoms with van der Waals surface area (Å²) in [4.78, 5) is 46.4. The SMILES string of the molecule is CCNC(=O)Nc1cc(-c2nc(F)cs2)c(-c2ccc3c(c2)c(=O)c(C(=O)OCC)cn3CCCOC)cn1. The molecule has 2 amide bonds. The fraction of sp³-hybridized carbons (Fsp3) is 0.296. The molecule has 3 heterocycles. The van der Waals surface area contributed by atoms with Crippen molar-refractivity contribution in [3.8, 4) is 21.7 Å². The zero-order valence-corrected chi connectivity index (χ0v) is 22.6. The first kappa shape index (κ1) is 27.9. The Morgan fingerprint density at radius 2 is 2.00 bits per heavy atom. The molecule has 0 aliphatic heterocycles. The first-order valence-corrected chi connectivity index (χ1v) is 13.2. The van der Waals surface area contributed by atoms with E-state index in [4.69, 9.17) is 9.47 Å². The van der Waals surface area contributed by atoms with Crippen molar-refractivity contribution in [2.75, 3.05) is 32.2 Å². The number of halogens is 1. The van der Waals surface area contributed by atoms with Crippen LogP contribution in [0.1, 0.15) is 30.6 Å². The van der Waals surface area contributed by atoms with Crippen LogP contribution in [0.15, 0.2) is 46.8 Å². The van der Waals surface area contributed by atoms with Crippen LogP contribution in [-0.2, 0) is 16.0 Å². The predicted octanol–water partition coefficient (Wildman–Crippen LogP) is 4.68. The Balaban J connectivity index is 1.88. The number of anilines is 1. The summed E-state index contributed by atoms with van der Waals surface area (Å²) in [5.74, 6) is -1.08. The van der Waals surface area contributed by atoms with Gasteiger partial charge in [-0.05, 0) is 44.0 Å². The largest absolute Gasteiger partial charge is 0.462 e. The van der Waals surface area contributed by atoms with E-state index in [2.05, 4.69) is 20.6 Å². The molecule has 12 heteroatoms. The van der Waals surface area contributed by atoms with Crippen molar-refractivity contribution in [1.29, 1.82) is 0 Å². The number of fused-ring (bicyclic) bond motifs is 1. The Bertz CT molecular complexity index is 1570. The number of aromatic nitrogens is 3. The molecule has 2 N–H and O–H groups in total. The van der Waals surface area contributed by atoms with E-state index >= 15 is 0 Å². The van der Waals surface area contributed by atoms with Crippen LogP contribution in [0, 0.1) is 5.95 Å². The minimum Gasteiger partial charge on any atom is -0.462 e. The van der Waals surface area contributed by atoms with Gasteiger partial charge in [0, 0.05) is 61.1 Å². The maximum atomic E-state index is 13.9. The van der Waals surface area contributed by atoms with Crippen molar-refractivity contribution in [2.24, 2.45) is 0 Å². The second kappa shape index (κ2) is 12.6. The highest BCUT2D eigenvalue weighted by atomic mass is 32.1. The Hall–Kier alpha value is -4.16. The van der Waals surface area contributed by atoms with Gasteiger partial charge in [-0.2, -0.15) is 4.39 Å². The van der Waals surface area contributed by atoms with Crippen LogP contribution in [0.5, 0.6) is 0 Å². The number of rotatable bonds is 10. The van der Waals surface area contributed by atoms with Gasteiger partial charge in [-0.1, -0.05) is 6.07 Å². The second-order valence-electron chi connectivity index (χ2n) is 8.44. The van der Waals surface area contributed by atoms with Crippen LogP contribution in [0.3, 0.4) is 0 Å². The van der Waals surface area contributed by atoms with Crippen LogP contribution >= 0.6 is 11.3 Å². The topological polar surface area (TPSA) is 124 Å². The number of nitrogens with zero attached hydrogens (tertiary/aromatic N) is 3. The molecule has 204 valence electrons. The van der Waals surface area contributed by atoms with Crippen molar-refractivity contribution in [3.63, 3.8) is 0 Å². The van der Waals surface area contributed by atoms with Gasteiger partial charge in [-0.25, -0.2) is 19.6 Å². The van der Waals surface area contributed by atoms with Gasteiger partial charge in [-0.3, -0.25) is 10.1 Å². The molecule has 0 unspecified atom stereocenters. The standard InChI is InChI=1S/C27H28FN5O5S/c1-4-29-27(36)32-23-12-17(25-31-22(28)15-39-25)19(13-30-23)16-7-8-21-18(11-16)24(34)20(26(35)38-5-2)14-33(21)9-6-10-37-3/h7-8,11-15H,4-6,9-10H2,1-3H3,(H2,29,30,32,36). The Morgan fingerprint density at radius 1 is 1.18 bits per heavy atom. The van der Waals surface area contributed by atoms with Gasteiger partial charge in [-0.15, -0.1) is 11.3 Å². The molecule has 0 fully saturated rings. The summed E-state index contributed by atoms with van der Waals surface area (Å²) in [6.45, 7) is 5.06. The van der Waals surface area contributed by atoms with Crippen molar-refractivity contribution < 1.29 is 23.5 Å². The number of hydrogen-bond donors (Lipinski definition) is 2. The summed E-state index contributed by atoms with van der Waals surface area (Å²) in [6, 6.07) is 6.46. The van der Waals surface area contributed by atoms with E-state index in [0.717, 1.165) is 11.3 Å². The van der Waals surface area contributed by atoms with E-state index in [-0.39, 0.29) is 18.0 Å². The molecule has 0 radical (unpaired) electrons. The Kier molecular flexibility index (Phi) is 8.99. The number of benzene rings is 1. The fourth-order valence-electron chi connectivity index (χ4n) is 4.11. The van der Waals surface area contributed by atoms with Gasteiger partial charge < -0.3 is 19.4 Å². The number of amides is 2. The van der Waals surface area contributed by atoms with Crippen LogP contribution < -0.4 is 16.1 Å². The lowest BCUT2D eigenvalue weighted by molar-refractivity contribution is 0.0524. The van der Waals surface area contributed by atoms with E-state index in [9.17, 15) is 18.8 Å². The molecule has 10 nitrogen and oxygen atoms in total. The van der Waals surface area contributed by atoms with Crippen molar-refractivity contribution >= 4 is 40.1 Å². The van der Waals surface area contributed by atoms with Crippen LogP contribution in [0.2, 0.25) is 0 Å². The summed E-state index contributed by atoms with van der Waals surface area (Å²) in [7, 11) is 1.61. The average Bonchev–Trinajstić information content (AvgIpc) is 3.36. The first-order chi connectivity index (χ1) is 18.9. The number of hydrogen-bond acceptors (Lipinski definition) is 8. The van der Waals surface area contributed by atoms with E-state index in [1.807, 2.05) is 10.6 Å². The van der Waals surface area contributed by atoms with E-state index < -0.39 is 23.4 Å². The third kappa shape index (κ3) is 6.29. The van der Waals surface area contributed by atoms with Gasteiger partial charge in [0.05, 0.1) is 12.1 Å². The smallest absolute Gasteiger partial charge is 0.343 e. The number of carbonyl (C=O) groups excluding carboxylic acids is 2. The van der Waals surface area contributed by atoms with Gasteiger partial charge in [0.1, 0.15) is 16.4 Å². The van der Waals surface area contributed by atoms with E-state index in [1.54, 1.807) is 39.2 Å². The zero-order valence-electron chi connectivity index (χ0n) is 21.7. The lowest BCUT2D eigenvalue weighted by Crippen LogP contribution is -2.28. The Morgan fingerprint density at radius 3 is 2.69 bits per heavy atom. The highest BCUT2D eigenvalue weighted by Gasteiger charge is 2.19. The van der Waals surface area contributed by atoms with Gasteiger partial charge in [0.25, 0.3) is 0 Å². The van der Waals surface area contributed by atoms with Crippen LogP contribution in [0.4, 0.5) is 15.0 Å². The molecule has 39 heavy (non-hydrogen) atoms. The number of ether oxygens (including phenoxy) is 2. The molecule has 0 aliphatic rings. The molecule has 4 rings (SSSR count). The predicted molar refractivity (Wildman–Crippen MR) is 148 cm³/mol. The first-order valence-electron chi connectivity index (χ1n) is 12.4. The molecule has 0 bridgehead atoms. The number of methoxy groups -OCH3 is 1. The third-order valence-electron chi connectivity index (χ3n) is 5.82. The maximum absolute atomic E-state index is 13.9. The van der Waals surface area contributed by atoms with Gasteiger partial charge >= 0.3 is 12.0 Å². The molecule has 0 aliphatic carbocycles. The minimum absolute atomic E-state index is 0.0688. The minimum atomic E-state index is -0.698. The second-order valence-corrected chi connectivity index (χ2v) is 9.30. The summed E-state index contributed by atoms with van der Waals surface area (Å²) in [5.41, 5.74) is 1.80. The molecular formula is C27H28FN5O5S.